The molecule has 0 bridgehead atoms. The van der Waals surface area contributed by atoms with Crippen LogP contribution in [0.3, 0.4) is 0 Å². The maximum absolute atomic E-state index is 11.5. The van der Waals surface area contributed by atoms with Crippen LogP contribution in [0.2, 0.25) is 0 Å². The fraction of sp³-hybridized carbons (Fsp3) is 0.529. The Morgan fingerprint density at radius 1 is 1.29 bits per heavy atom. The minimum atomic E-state index is -1.22. The van der Waals surface area contributed by atoms with Crippen LogP contribution in [0.5, 0.6) is 0 Å². The van der Waals surface area contributed by atoms with Crippen molar-refractivity contribution in [2.45, 2.75) is 51.9 Å². The molecule has 24 heavy (non-hydrogen) atoms. The second kappa shape index (κ2) is 8.12. The van der Waals surface area contributed by atoms with Crippen LogP contribution in [-0.2, 0) is 4.74 Å². The number of alkyl carbamates (subject to hydrolysis) is 1. The molecule has 0 heterocycles. The molecular weight excluding hydrogens is 312 g/mol. The smallest absolute Gasteiger partial charge is 0.407 e. The first-order chi connectivity index (χ1) is 11.0. The first kappa shape index (κ1) is 19.9. The van der Waals surface area contributed by atoms with E-state index >= 15 is 0 Å². The van der Waals surface area contributed by atoms with Crippen LogP contribution < -0.4 is 11.1 Å². The lowest BCUT2D eigenvalue weighted by Crippen LogP contribution is -2.34. The summed E-state index contributed by atoms with van der Waals surface area (Å²) >= 11 is 0. The van der Waals surface area contributed by atoms with E-state index in [1.807, 2.05) is 0 Å². The van der Waals surface area contributed by atoms with Crippen molar-refractivity contribution in [3.63, 3.8) is 0 Å². The Morgan fingerprint density at radius 3 is 2.42 bits per heavy atom. The number of benzene rings is 1. The molecular formula is C17H26N2O5. The van der Waals surface area contributed by atoms with Crippen molar-refractivity contribution in [3.8, 4) is 0 Å². The van der Waals surface area contributed by atoms with Gasteiger partial charge in [-0.05, 0) is 40.2 Å². The van der Waals surface area contributed by atoms with Gasteiger partial charge in [-0.15, -0.1) is 0 Å². The fourth-order valence-corrected chi connectivity index (χ4v) is 2.06. The number of carbonyl (C=O) groups is 2. The summed E-state index contributed by atoms with van der Waals surface area (Å²) in [4.78, 5) is 22.8. The number of nitrogen functional groups attached to an aromatic ring is 1. The van der Waals surface area contributed by atoms with Crippen molar-refractivity contribution in [1.29, 1.82) is 0 Å². The predicted molar refractivity (Wildman–Crippen MR) is 90.7 cm³/mol. The van der Waals surface area contributed by atoms with Gasteiger partial charge in [-0.25, -0.2) is 4.79 Å². The average molecular weight is 338 g/mol. The highest BCUT2D eigenvalue weighted by molar-refractivity contribution is 5.95. The van der Waals surface area contributed by atoms with Crippen LogP contribution >= 0.6 is 0 Å². The summed E-state index contributed by atoms with van der Waals surface area (Å²) in [6.07, 6.45) is -2.81. The number of aliphatic hydroxyl groups is 2. The zero-order valence-corrected chi connectivity index (χ0v) is 14.5. The van der Waals surface area contributed by atoms with Crippen molar-refractivity contribution in [2.24, 2.45) is 0 Å². The van der Waals surface area contributed by atoms with Crippen LogP contribution in [0, 0.1) is 0 Å². The van der Waals surface area contributed by atoms with E-state index in [-0.39, 0.29) is 24.4 Å². The van der Waals surface area contributed by atoms with Crippen LogP contribution in [0.4, 0.5) is 10.5 Å². The van der Waals surface area contributed by atoms with Crippen molar-refractivity contribution in [1.82, 2.24) is 5.32 Å². The maximum atomic E-state index is 11.5. The highest BCUT2D eigenvalue weighted by Gasteiger charge is 2.22. The Kier molecular flexibility index (Phi) is 6.74. The summed E-state index contributed by atoms with van der Waals surface area (Å²) in [6, 6.07) is 4.52. The Hall–Kier alpha value is -2.12. The Labute approximate surface area is 141 Å². The first-order valence-electron chi connectivity index (χ1n) is 7.74. The summed E-state index contributed by atoms with van der Waals surface area (Å²) in [5.41, 5.74) is 6.23. The number of ether oxygens (including phenoxy) is 1. The fourth-order valence-electron chi connectivity index (χ4n) is 2.06. The third kappa shape index (κ3) is 6.17. The molecule has 7 heteroatoms. The second-order valence-electron chi connectivity index (χ2n) is 6.63. The number of aliphatic hydroxyl groups excluding tert-OH is 2. The SMILES string of the molecule is CC(=O)c1ccc(C(O)C(O)CCNC(=O)OC(C)(C)C)c(N)c1. The van der Waals surface area contributed by atoms with Crippen molar-refractivity contribution in [2.75, 3.05) is 12.3 Å². The van der Waals surface area contributed by atoms with E-state index in [1.54, 1.807) is 26.8 Å². The minimum Gasteiger partial charge on any atom is -0.444 e. The molecule has 1 aromatic rings. The van der Waals surface area contributed by atoms with Crippen LogP contribution in [-0.4, -0.2) is 40.3 Å². The van der Waals surface area contributed by atoms with Crippen molar-refractivity contribution < 1.29 is 24.5 Å². The van der Waals surface area contributed by atoms with Crippen LogP contribution in [0.25, 0.3) is 0 Å². The van der Waals surface area contributed by atoms with Gasteiger partial charge in [0, 0.05) is 23.4 Å². The number of nitrogens with one attached hydrogen (secondary N) is 1. The van der Waals surface area contributed by atoms with E-state index < -0.39 is 23.9 Å². The molecule has 2 atom stereocenters. The molecule has 0 fully saturated rings. The molecule has 5 N–H and O–H groups in total. The lowest BCUT2D eigenvalue weighted by Gasteiger charge is -2.22. The van der Waals surface area contributed by atoms with Gasteiger partial charge < -0.3 is 26.0 Å². The van der Waals surface area contributed by atoms with Crippen molar-refractivity contribution >= 4 is 17.6 Å². The molecule has 134 valence electrons. The number of nitrogens with two attached hydrogens (primary N) is 1. The summed E-state index contributed by atoms with van der Waals surface area (Å²) in [5, 5.41) is 22.8. The van der Waals surface area contributed by atoms with Gasteiger partial charge in [0.1, 0.15) is 11.7 Å². The maximum Gasteiger partial charge on any atom is 0.407 e. The molecule has 0 aliphatic heterocycles. The molecule has 1 aromatic carbocycles. The molecule has 0 aliphatic rings. The summed E-state index contributed by atoms with van der Waals surface area (Å²) in [5.74, 6) is -0.134. The lowest BCUT2D eigenvalue weighted by molar-refractivity contribution is 0.0127. The van der Waals surface area contributed by atoms with E-state index in [1.165, 1.54) is 19.1 Å². The molecule has 2 unspecified atom stereocenters. The quantitative estimate of drug-likeness (QED) is 0.463. The number of rotatable bonds is 6. The number of amides is 1. The monoisotopic (exact) mass is 338 g/mol. The van der Waals surface area contributed by atoms with Gasteiger partial charge in [-0.1, -0.05) is 12.1 Å². The average Bonchev–Trinajstić information content (AvgIpc) is 2.44. The Bertz CT molecular complexity index is 595. The first-order valence-corrected chi connectivity index (χ1v) is 7.74. The zero-order chi connectivity index (χ0) is 18.5. The molecule has 7 nitrogen and oxygen atoms in total. The molecule has 0 spiro atoms. The summed E-state index contributed by atoms with van der Waals surface area (Å²) in [7, 11) is 0. The second-order valence-corrected chi connectivity index (χ2v) is 6.63. The number of Topliss-reactive ketones (excluding diaryl/α,β-unsaturated/α-hetero) is 1. The molecule has 1 rings (SSSR count). The van der Waals surface area contributed by atoms with E-state index in [4.69, 9.17) is 10.5 Å². The Morgan fingerprint density at radius 2 is 1.92 bits per heavy atom. The molecule has 0 aliphatic carbocycles. The van der Waals surface area contributed by atoms with Crippen LogP contribution in [0.1, 0.15) is 56.1 Å². The molecule has 0 aromatic heterocycles. The lowest BCUT2D eigenvalue weighted by atomic mass is 9.98. The third-order valence-corrected chi connectivity index (χ3v) is 3.28. The van der Waals surface area contributed by atoms with E-state index in [0.29, 0.717) is 11.1 Å². The van der Waals surface area contributed by atoms with Gasteiger partial charge in [-0.2, -0.15) is 0 Å². The summed E-state index contributed by atoms with van der Waals surface area (Å²) < 4.78 is 5.07. The number of carbonyl (C=O) groups excluding carboxylic acids is 2. The van der Waals surface area contributed by atoms with E-state index in [9.17, 15) is 19.8 Å². The van der Waals surface area contributed by atoms with Gasteiger partial charge in [-0.3, -0.25) is 4.79 Å². The van der Waals surface area contributed by atoms with E-state index in [2.05, 4.69) is 5.32 Å². The highest BCUT2D eigenvalue weighted by Crippen LogP contribution is 2.25. The van der Waals surface area contributed by atoms with Crippen LogP contribution in [0.15, 0.2) is 18.2 Å². The normalized spacial score (nSPS) is 13.9. The topological polar surface area (TPSA) is 122 Å². The molecule has 0 saturated carbocycles. The van der Waals surface area contributed by atoms with Gasteiger partial charge in [0.25, 0.3) is 0 Å². The predicted octanol–water partition coefficient (Wildman–Crippen LogP) is 1.78. The van der Waals surface area contributed by atoms with E-state index in [0.717, 1.165) is 0 Å². The zero-order valence-electron chi connectivity index (χ0n) is 14.5. The molecule has 0 radical (unpaired) electrons. The molecule has 0 saturated heterocycles. The van der Waals surface area contributed by atoms with Gasteiger partial charge in [0.2, 0.25) is 0 Å². The third-order valence-electron chi connectivity index (χ3n) is 3.28. The molecule has 1 amide bonds. The number of ketones is 1. The van der Waals surface area contributed by atoms with Gasteiger partial charge in [0.15, 0.2) is 5.78 Å². The van der Waals surface area contributed by atoms with Crippen molar-refractivity contribution in [3.05, 3.63) is 29.3 Å². The number of hydrogen-bond acceptors (Lipinski definition) is 6. The van der Waals surface area contributed by atoms with Gasteiger partial charge >= 0.3 is 6.09 Å². The number of anilines is 1. The highest BCUT2D eigenvalue weighted by atomic mass is 16.6. The van der Waals surface area contributed by atoms with Gasteiger partial charge in [0.05, 0.1) is 6.10 Å². The standard InChI is InChI=1S/C17H26N2O5/c1-10(20)11-5-6-12(13(18)9-11)15(22)14(21)7-8-19-16(23)24-17(2,3)4/h5-6,9,14-15,21-22H,7-8,18H2,1-4H3,(H,19,23). The summed E-state index contributed by atoms with van der Waals surface area (Å²) in [6.45, 7) is 6.80. The largest absolute Gasteiger partial charge is 0.444 e. The number of hydrogen-bond donors (Lipinski definition) is 4. The minimum absolute atomic E-state index is 0.119. The Balaban J connectivity index is 2.57.